The van der Waals surface area contributed by atoms with Gasteiger partial charge in [0.05, 0.1) is 6.10 Å². The van der Waals surface area contributed by atoms with E-state index in [1.54, 1.807) is 0 Å². The van der Waals surface area contributed by atoms with Crippen LogP contribution in [0.15, 0.2) is 22.7 Å². The Balaban J connectivity index is 1.94. The van der Waals surface area contributed by atoms with Crippen molar-refractivity contribution in [1.29, 1.82) is 0 Å². The summed E-state index contributed by atoms with van der Waals surface area (Å²) in [6, 6.07) is 5.94. The van der Waals surface area contributed by atoms with Crippen LogP contribution in [0.3, 0.4) is 0 Å². The summed E-state index contributed by atoms with van der Waals surface area (Å²) in [4.78, 5) is 0. The monoisotopic (exact) mass is 324 g/mol. The van der Waals surface area contributed by atoms with E-state index >= 15 is 0 Å². The first kappa shape index (κ1) is 13.4. The first-order chi connectivity index (χ1) is 9.00. The fraction of sp³-hybridized carbons (Fsp3) is 0.625. The first-order valence-electron chi connectivity index (χ1n) is 7.17. The van der Waals surface area contributed by atoms with Crippen LogP contribution < -0.4 is 4.74 Å². The van der Waals surface area contributed by atoms with Gasteiger partial charge in [-0.2, -0.15) is 0 Å². The molecule has 4 atom stereocenters. The van der Waals surface area contributed by atoms with Gasteiger partial charge in [-0.25, -0.2) is 0 Å². The summed E-state index contributed by atoms with van der Waals surface area (Å²) in [7, 11) is 0. The van der Waals surface area contributed by atoms with Crippen LogP contribution >= 0.6 is 15.9 Å². The van der Waals surface area contributed by atoms with Crippen molar-refractivity contribution in [3.8, 4) is 5.75 Å². The third-order valence-electron chi connectivity index (χ3n) is 4.90. The molecule has 0 bridgehead atoms. The Morgan fingerprint density at radius 2 is 2.16 bits per heavy atom. The van der Waals surface area contributed by atoms with Gasteiger partial charge in [-0.05, 0) is 49.3 Å². The molecule has 1 heterocycles. The lowest BCUT2D eigenvalue weighted by Gasteiger charge is -2.48. The molecule has 1 N–H and O–H groups in total. The fourth-order valence-electron chi connectivity index (χ4n) is 3.70. The molecule has 0 aromatic heterocycles. The van der Waals surface area contributed by atoms with E-state index in [9.17, 15) is 5.11 Å². The maximum Gasteiger partial charge on any atom is 0.126 e. The lowest BCUT2D eigenvalue weighted by molar-refractivity contribution is -0.0802. The fourth-order valence-corrected chi connectivity index (χ4v) is 4.08. The van der Waals surface area contributed by atoms with Crippen molar-refractivity contribution in [3.63, 3.8) is 0 Å². The minimum atomic E-state index is -0.405. The lowest BCUT2D eigenvalue weighted by atomic mass is 9.68. The summed E-state index contributed by atoms with van der Waals surface area (Å²) in [5.74, 6) is 2.14. The number of rotatable bonds is 0. The first-order valence-corrected chi connectivity index (χ1v) is 7.96. The summed E-state index contributed by atoms with van der Waals surface area (Å²) >= 11 is 3.46. The number of benzene rings is 1. The van der Waals surface area contributed by atoms with Crippen LogP contribution in [0.4, 0.5) is 0 Å². The molecular formula is C16H21BrO2. The maximum absolute atomic E-state index is 10.5. The van der Waals surface area contributed by atoms with Crippen LogP contribution in [0, 0.1) is 11.8 Å². The van der Waals surface area contributed by atoms with Gasteiger partial charge in [-0.3, -0.25) is 0 Å². The van der Waals surface area contributed by atoms with Crippen molar-refractivity contribution in [2.75, 3.05) is 0 Å². The summed E-state index contributed by atoms with van der Waals surface area (Å²) < 4.78 is 7.36. The molecule has 3 heteroatoms. The topological polar surface area (TPSA) is 29.5 Å². The van der Waals surface area contributed by atoms with E-state index < -0.39 is 6.10 Å². The summed E-state index contributed by atoms with van der Waals surface area (Å²) in [5.41, 5.74) is 0.762. The van der Waals surface area contributed by atoms with Crippen LogP contribution in [0.25, 0.3) is 0 Å². The molecule has 1 spiro atoms. The second-order valence-corrected chi connectivity index (χ2v) is 7.27. The van der Waals surface area contributed by atoms with Gasteiger partial charge in [-0.1, -0.05) is 29.8 Å². The van der Waals surface area contributed by atoms with Crippen LogP contribution in [0.2, 0.25) is 0 Å². The van der Waals surface area contributed by atoms with Gasteiger partial charge in [0.25, 0.3) is 0 Å². The molecule has 2 aliphatic rings. The minimum absolute atomic E-state index is 0.160. The Bertz CT molecular complexity index is 488. The van der Waals surface area contributed by atoms with E-state index in [-0.39, 0.29) is 5.60 Å². The largest absolute Gasteiger partial charge is 0.487 e. The molecule has 19 heavy (non-hydrogen) atoms. The molecule has 4 unspecified atom stereocenters. The molecule has 1 aliphatic heterocycles. The number of hydrogen-bond acceptors (Lipinski definition) is 2. The van der Waals surface area contributed by atoms with E-state index in [0.29, 0.717) is 5.92 Å². The molecule has 1 aliphatic carbocycles. The normalized spacial score (nSPS) is 37.8. The average Bonchev–Trinajstić information content (AvgIpc) is 2.36. The zero-order valence-electron chi connectivity index (χ0n) is 11.5. The summed E-state index contributed by atoms with van der Waals surface area (Å²) in [5, 5.41) is 10.5. The van der Waals surface area contributed by atoms with Gasteiger partial charge < -0.3 is 9.84 Å². The summed E-state index contributed by atoms with van der Waals surface area (Å²) in [6.45, 7) is 4.58. The molecule has 0 amide bonds. The van der Waals surface area contributed by atoms with Crippen LogP contribution in [-0.4, -0.2) is 10.7 Å². The molecule has 3 rings (SSSR count). The Labute approximate surface area is 123 Å². The standard InChI is InChI=1S/C16H21BrO2/c1-10-5-6-16(11(2)7-10)9-14(18)13-8-12(17)3-4-15(13)19-16/h3-4,8,10-11,14,18H,5-7,9H2,1-2H3. The van der Waals surface area contributed by atoms with E-state index in [4.69, 9.17) is 4.74 Å². The van der Waals surface area contributed by atoms with Gasteiger partial charge in [0.2, 0.25) is 0 Å². The Morgan fingerprint density at radius 1 is 1.37 bits per heavy atom. The SMILES string of the molecule is CC1CCC2(CC(O)c3cc(Br)ccc3O2)C(C)C1. The van der Waals surface area contributed by atoms with Gasteiger partial charge in [0.15, 0.2) is 0 Å². The summed E-state index contributed by atoms with van der Waals surface area (Å²) in [6.07, 6.45) is 3.77. The highest BCUT2D eigenvalue weighted by molar-refractivity contribution is 9.10. The van der Waals surface area contributed by atoms with E-state index in [1.165, 1.54) is 12.8 Å². The number of ether oxygens (including phenoxy) is 1. The van der Waals surface area contributed by atoms with Crippen LogP contribution in [0.5, 0.6) is 5.75 Å². The second kappa shape index (κ2) is 4.78. The van der Waals surface area contributed by atoms with Crippen LogP contribution in [-0.2, 0) is 0 Å². The molecule has 104 valence electrons. The van der Waals surface area contributed by atoms with Crippen molar-refractivity contribution >= 4 is 15.9 Å². The zero-order valence-corrected chi connectivity index (χ0v) is 13.1. The molecule has 1 saturated carbocycles. The van der Waals surface area contributed by atoms with Gasteiger partial charge in [0, 0.05) is 16.5 Å². The highest BCUT2D eigenvalue weighted by Crippen LogP contribution is 2.49. The number of aliphatic hydroxyl groups is 1. The average molecular weight is 325 g/mol. The number of hydrogen-bond donors (Lipinski definition) is 1. The number of fused-ring (bicyclic) bond motifs is 1. The van der Waals surface area contributed by atoms with Gasteiger partial charge in [0.1, 0.15) is 11.4 Å². The maximum atomic E-state index is 10.5. The highest BCUT2D eigenvalue weighted by Gasteiger charge is 2.47. The van der Waals surface area contributed by atoms with Crippen molar-refractivity contribution in [2.24, 2.45) is 11.8 Å². The molecule has 1 fully saturated rings. The van der Waals surface area contributed by atoms with E-state index in [2.05, 4.69) is 29.8 Å². The van der Waals surface area contributed by atoms with E-state index in [0.717, 1.165) is 34.5 Å². The smallest absolute Gasteiger partial charge is 0.126 e. The van der Waals surface area contributed by atoms with Crippen LogP contribution in [0.1, 0.15) is 51.2 Å². The zero-order chi connectivity index (χ0) is 13.6. The Kier molecular flexibility index (Phi) is 3.38. The Hall–Kier alpha value is -0.540. The third kappa shape index (κ3) is 2.31. The minimum Gasteiger partial charge on any atom is -0.487 e. The molecule has 1 aromatic carbocycles. The Morgan fingerprint density at radius 3 is 2.89 bits per heavy atom. The van der Waals surface area contributed by atoms with Crippen molar-refractivity contribution in [1.82, 2.24) is 0 Å². The second-order valence-electron chi connectivity index (χ2n) is 6.35. The van der Waals surface area contributed by atoms with Crippen molar-refractivity contribution < 1.29 is 9.84 Å². The van der Waals surface area contributed by atoms with E-state index in [1.807, 2.05) is 18.2 Å². The molecule has 2 nitrogen and oxygen atoms in total. The number of aliphatic hydroxyl groups excluding tert-OH is 1. The van der Waals surface area contributed by atoms with Crippen molar-refractivity contribution in [3.05, 3.63) is 28.2 Å². The third-order valence-corrected chi connectivity index (χ3v) is 5.39. The highest BCUT2D eigenvalue weighted by atomic mass is 79.9. The molecule has 0 radical (unpaired) electrons. The lowest BCUT2D eigenvalue weighted by Crippen LogP contribution is -2.49. The quantitative estimate of drug-likeness (QED) is 0.763. The molecular weight excluding hydrogens is 304 g/mol. The number of halogens is 1. The molecule has 1 aromatic rings. The van der Waals surface area contributed by atoms with Gasteiger partial charge in [-0.15, -0.1) is 0 Å². The predicted molar refractivity (Wildman–Crippen MR) is 79.3 cm³/mol. The predicted octanol–water partition coefficient (Wildman–Crippen LogP) is 4.46. The van der Waals surface area contributed by atoms with Crippen molar-refractivity contribution in [2.45, 2.75) is 51.2 Å². The van der Waals surface area contributed by atoms with Gasteiger partial charge >= 0.3 is 0 Å². The molecule has 0 saturated heterocycles.